The van der Waals surface area contributed by atoms with Gasteiger partial charge in [-0.3, -0.25) is 14.5 Å². The van der Waals surface area contributed by atoms with Crippen molar-refractivity contribution in [3.63, 3.8) is 0 Å². The number of aliphatic hydroxyl groups excluding tert-OH is 1. The van der Waals surface area contributed by atoms with E-state index in [1.165, 1.54) is 22.3 Å². The van der Waals surface area contributed by atoms with E-state index in [9.17, 15) is 14.7 Å². The van der Waals surface area contributed by atoms with Crippen LogP contribution in [0, 0.1) is 13.8 Å². The summed E-state index contributed by atoms with van der Waals surface area (Å²) in [5.74, 6) is -0.846. The van der Waals surface area contributed by atoms with Crippen molar-refractivity contribution in [2.45, 2.75) is 19.9 Å². The second-order valence-electron chi connectivity index (χ2n) is 6.86. The maximum atomic E-state index is 13.3. The number of furan rings is 1. The Balaban J connectivity index is 1.85. The number of anilines is 1. The summed E-state index contributed by atoms with van der Waals surface area (Å²) in [6.45, 7) is 7.39. The molecular formula is C22H19N3O5S. The van der Waals surface area contributed by atoms with E-state index in [4.69, 9.17) is 9.15 Å². The summed E-state index contributed by atoms with van der Waals surface area (Å²) < 4.78 is 11.1. The van der Waals surface area contributed by atoms with Gasteiger partial charge in [0.25, 0.3) is 5.91 Å². The van der Waals surface area contributed by atoms with E-state index in [-0.39, 0.29) is 16.5 Å². The molecule has 4 rings (SSSR count). The Labute approximate surface area is 182 Å². The average molecular weight is 437 g/mol. The number of carbonyl (C=O) groups excluding carboxylic acids is 2. The Morgan fingerprint density at radius 2 is 2.13 bits per heavy atom. The van der Waals surface area contributed by atoms with Crippen molar-refractivity contribution in [2.24, 2.45) is 0 Å². The lowest BCUT2D eigenvalue weighted by molar-refractivity contribution is -0.117. The molecule has 8 nitrogen and oxygen atoms in total. The van der Waals surface area contributed by atoms with Gasteiger partial charge in [0.05, 0.1) is 11.6 Å². The fraction of sp³-hybridized carbons (Fsp3) is 0.182. The Bertz CT molecular complexity index is 1210. The number of aliphatic hydroxyl groups is 1. The van der Waals surface area contributed by atoms with Crippen molar-refractivity contribution in [3.8, 4) is 5.75 Å². The number of hydrogen-bond acceptors (Lipinski definition) is 8. The van der Waals surface area contributed by atoms with Crippen LogP contribution in [-0.4, -0.2) is 33.6 Å². The normalized spacial score (nSPS) is 16.1. The number of hydrogen-bond donors (Lipinski definition) is 1. The van der Waals surface area contributed by atoms with Gasteiger partial charge in [-0.1, -0.05) is 36.1 Å². The number of ether oxygens (including phenoxy) is 1. The SMILES string of the molecule is C=CCOc1cccc([C@H]2C(C(=O)c3ccc(C)o3)=C(O)C(=O)N2c2nnc(C)s2)c1. The molecule has 0 bridgehead atoms. The van der Waals surface area contributed by atoms with Gasteiger partial charge in [-0.2, -0.15) is 0 Å². The third kappa shape index (κ3) is 3.75. The second-order valence-corrected chi connectivity index (χ2v) is 8.02. The Morgan fingerprint density at radius 1 is 1.32 bits per heavy atom. The summed E-state index contributed by atoms with van der Waals surface area (Å²) in [6.07, 6.45) is 1.61. The van der Waals surface area contributed by atoms with Gasteiger partial charge in [-0.25, -0.2) is 0 Å². The van der Waals surface area contributed by atoms with Gasteiger partial charge in [0.2, 0.25) is 10.9 Å². The van der Waals surface area contributed by atoms with E-state index in [0.717, 1.165) is 0 Å². The van der Waals surface area contributed by atoms with Crippen LogP contribution in [0.5, 0.6) is 5.75 Å². The van der Waals surface area contributed by atoms with E-state index in [0.29, 0.717) is 28.7 Å². The van der Waals surface area contributed by atoms with Crippen LogP contribution in [0.25, 0.3) is 0 Å². The van der Waals surface area contributed by atoms with E-state index in [2.05, 4.69) is 16.8 Å². The number of aromatic nitrogens is 2. The lowest BCUT2D eigenvalue weighted by atomic mass is 9.95. The third-order valence-electron chi connectivity index (χ3n) is 4.68. The number of aryl methyl sites for hydroxylation is 2. The van der Waals surface area contributed by atoms with E-state index >= 15 is 0 Å². The lowest BCUT2D eigenvalue weighted by Crippen LogP contribution is -2.31. The number of Topliss-reactive ketones (excluding diaryl/α,β-unsaturated/α-hetero) is 1. The molecule has 1 aromatic carbocycles. The monoisotopic (exact) mass is 437 g/mol. The molecule has 1 N–H and O–H groups in total. The molecule has 1 aliphatic heterocycles. The predicted octanol–water partition coefficient (Wildman–Crippen LogP) is 4.10. The highest BCUT2D eigenvalue weighted by Gasteiger charge is 2.46. The van der Waals surface area contributed by atoms with Crippen LogP contribution in [0.2, 0.25) is 0 Å². The molecular weight excluding hydrogens is 418 g/mol. The fourth-order valence-corrected chi connectivity index (χ4v) is 4.07. The molecule has 0 fully saturated rings. The summed E-state index contributed by atoms with van der Waals surface area (Å²) in [7, 11) is 0. The Hall–Kier alpha value is -3.72. The zero-order chi connectivity index (χ0) is 22.1. The molecule has 0 unspecified atom stereocenters. The molecule has 1 amide bonds. The van der Waals surface area contributed by atoms with Crippen molar-refractivity contribution in [1.82, 2.24) is 10.2 Å². The molecule has 9 heteroatoms. The quantitative estimate of drug-likeness (QED) is 0.438. The number of amides is 1. The highest BCUT2D eigenvalue weighted by atomic mass is 32.1. The van der Waals surface area contributed by atoms with Gasteiger partial charge in [-0.05, 0) is 43.7 Å². The minimum atomic E-state index is -0.926. The van der Waals surface area contributed by atoms with Gasteiger partial charge in [0, 0.05) is 0 Å². The molecule has 3 aromatic rings. The first-order valence-corrected chi connectivity index (χ1v) is 10.2. The molecule has 0 saturated heterocycles. The summed E-state index contributed by atoms with van der Waals surface area (Å²) in [6, 6.07) is 9.19. The average Bonchev–Trinajstić information content (AvgIpc) is 3.45. The van der Waals surface area contributed by atoms with Crippen molar-refractivity contribution in [1.29, 1.82) is 0 Å². The summed E-state index contributed by atoms with van der Waals surface area (Å²) in [5, 5.41) is 19.7. The molecule has 2 aromatic heterocycles. The first-order chi connectivity index (χ1) is 14.9. The third-order valence-corrected chi connectivity index (χ3v) is 5.52. The van der Waals surface area contributed by atoms with Crippen molar-refractivity contribution >= 4 is 28.2 Å². The number of carbonyl (C=O) groups is 2. The number of ketones is 1. The standard InChI is InChI=1S/C22H19N3O5S/c1-4-10-29-15-7-5-6-14(11-15)18-17(19(26)16-9-8-12(2)30-16)20(27)21(28)25(18)22-24-23-13(3)31-22/h4-9,11,18,27H,1,10H2,2-3H3/t18-/m0/s1. The summed E-state index contributed by atoms with van der Waals surface area (Å²) in [5.41, 5.74) is 0.478. The fourth-order valence-electron chi connectivity index (χ4n) is 3.35. The maximum Gasteiger partial charge on any atom is 0.296 e. The minimum Gasteiger partial charge on any atom is -0.503 e. The summed E-state index contributed by atoms with van der Waals surface area (Å²) >= 11 is 1.19. The summed E-state index contributed by atoms with van der Waals surface area (Å²) in [4.78, 5) is 27.6. The molecule has 0 radical (unpaired) electrons. The molecule has 0 spiro atoms. The highest BCUT2D eigenvalue weighted by Crippen LogP contribution is 2.43. The van der Waals surface area contributed by atoms with Gasteiger partial charge in [-0.15, -0.1) is 10.2 Å². The van der Waals surface area contributed by atoms with Crippen LogP contribution in [0.15, 0.2) is 64.8 Å². The zero-order valence-electron chi connectivity index (χ0n) is 16.9. The van der Waals surface area contributed by atoms with Crippen LogP contribution in [0.1, 0.15) is 32.9 Å². The molecule has 0 saturated carbocycles. The first kappa shape index (κ1) is 20.5. The Kier molecular flexibility index (Phi) is 5.43. The molecule has 0 aliphatic carbocycles. The minimum absolute atomic E-state index is 0.0335. The van der Waals surface area contributed by atoms with Crippen LogP contribution >= 0.6 is 11.3 Å². The predicted molar refractivity (Wildman–Crippen MR) is 114 cm³/mol. The van der Waals surface area contributed by atoms with Crippen LogP contribution in [-0.2, 0) is 4.79 Å². The number of benzene rings is 1. The topological polar surface area (TPSA) is 106 Å². The van der Waals surface area contributed by atoms with E-state index < -0.39 is 23.5 Å². The van der Waals surface area contributed by atoms with E-state index in [1.54, 1.807) is 50.3 Å². The van der Waals surface area contributed by atoms with Crippen molar-refractivity contribution in [2.75, 3.05) is 11.5 Å². The molecule has 158 valence electrons. The molecule has 1 aliphatic rings. The highest BCUT2D eigenvalue weighted by molar-refractivity contribution is 7.15. The van der Waals surface area contributed by atoms with Gasteiger partial charge in [0.15, 0.2) is 11.5 Å². The molecule has 31 heavy (non-hydrogen) atoms. The smallest absolute Gasteiger partial charge is 0.296 e. The molecule has 3 heterocycles. The van der Waals surface area contributed by atoms with Crippen molar-refractivity contribution < 1.29 is 23.8 Å². The molecule has 1 atom stereocenters. The van der Waals surface area contributed by atoms with E-state index in [1.807, 2.05) is 0 Å². The second kappa shape index (κ2) is 8.19. The van der Waals surface area contributed by atoms with Crippen LogP contribution < -0.4 is 9.64 Å². The number of rotatable bonds is 7. The van der Waals surface area contributed by atoms with Crippen LogP contribution in [0.4, 0.5) is 5.13 Å². The lowest BCUT2D eigenvalue weighted by Gasteiger charge is -2.24. The van der Waals surface area contributed by atoms with Crippen molar-refractivity contribution in [3.05, 3.63) is 82.5 Å². The van der Waals surface area contributed by atoms with Gasteiger partial charge in [0.1, 0.15) is 23.1 Å². The van der Waals surface area contributed by atoms with Crippen LogP contribution in [0.3, 0.4) is 0 Å². The maximum absolute atomic E-state index is 13.3. The zero-order valence-corrected chi connectivity index (χ0v) is 17.7. The Morgan fingerprint density at radius 3 is 2.77 bits per heavy atom. The largest absolute Gasteiger partial charge is 0.503 e. The first-order valence-electron chi connectivity index (χ1n) is 9.42. The van der Waals surface area contributed by atoms with Gasteiger partial charge < -0.3 is 14.3 Å². The number of nitrogens with zero attached hydrogens (tertiary/aromatic N) is 3. The van der Waals surface area contributed by atoms with Gasteiger partial charge >= 0.3 is 0 Å².